The Morgan fingerprint density at radius 1 is 1.35 bits per heavy atom. The monoisotopic (exact) mass is 292 g/mol. The number of morpholine rings is 1. The number of hydrogen-bond acceptors (Lipinski definition) is 4. The van der Waals surface area contributed by atoms with E-state index in [2.05, 4.69) is 10.7 Å². The lowest BCUT2D eigenvalue weighted by Gasteiger charge is -2.25. The molecule has 5 heteroatoms. The van der Waals surface area contributed by atoms with Gasteiger partial charge >= 0.3 is 0 Å². The Labute approximate surface area is 123 Å². The van der Waals surface area contributed by atoms with E-state index in [9.17, 15) is 4.79 Å². The van der Waals surface area contributed by atoms with Crippen molar-refractivity contribution in [1.82, 2.24) is 10.2 Å². The minimum Gasteiger partial charge on any atom is -0.373 e. The molecule has 108 valence electrons. The van der Waals surface area contributed by atoms with Gasteiger partial charge in [0, 0.05) is 29.9 Å². The summed E-state index contributed by atoms with van der Waals surface area (Å²) in [5.41, 5.74) is 2.29. The highest BCUT2D eigenvalue weighted by Gasteiger charge is 2.38. The van der Waals surface area contributed by atoms with Gasteiger partial charge in [-0.1, -0.05) is 0 Å². The molecular formula is C15H20N2O2S. The first-order valence-electron chi connectivity index (χ1n) is 7.56. The Hall–Kier alpha value is -0.910. The van der Waals surface area contributed by atoms with E-state index in [4.69, 9.17) is 4.74 Å². The Bertz CT molecular complexity index is 514. The summed E-state index contributed by atoms with van der Waals surface area (Å²) in [5, 5.41) is 5.54. The first-order chi connectivity index (χ1) is 9.83. The molecule has 20 heavy (non-hydrogen) atoms. The predicted molar refractivity (Wildman–Crippen MR) is 78.4 cm³/mol. The van der Waals surface area contributed by atoms with Crippen LogP contribution in [0.25, 0.3) is 0 Å². The van der Waals surface area contributed by atoms with Gasteiger partial charge in [0.2, 0.25) is 0 Å². The van der Waals surface area contributed by atoms with E-state index in [1.165, 1.54) is 23.3 Å². The van der Waals surface area contributed by atoms with Crippen LogP contribution >= 0.6 is 11.3 Å². The molecule has 0 saturated carbocycles. The molecule has 2 atom stereocenters. The van der Waals surface area contributed by atoms with Gasteiger partial charge in [-0.2, -0.15) is 0 Å². The number of nitrogens with zero attached hydrogens (tertiary/aromatic N) is 1. The van der Waals surface area contributed by atoms with Gasteiger partial charge in [-0.05, 0) is 31.2 Å². The highest BCUT2D eigenvalue weighted by molar-refractivity contribution is 7.10. The lowest BCUT2D eigenvalue weighted by molar-refractivity contribution is 0.0176. The van der Waals surface area contributed by atoms with Gasteiger partial charge in [0.1, 0.15) is 0 Å². The number of likely N-dealkylation sites (tertiary alicyclic amines) is 1. The van der Waals surface area contributed by atoms with Crippen LogP contribution in [0.1, 0.15) is 33.6 Å². The van der Waals surface area contributed by atoms with Crippen molar-refractivity contribution < 1.29 is 9.53 Å². The zero-order valence-corrected chi connectivity index (χ0v) is 12.4. The molecular weight excluding hydrogens is 272 g/mol. The van der Waals surface area contributed by atoms with Gasteiger partial charge in [-0.15, -0.1) is 11.3 Å². The van der Waals surface area contributed by atoms with E-state index in [1.807, 2.05) is 4.90 Å². The number of ether oxygens (including phenoxy) is 1. The molecule has 3 aliphatic rings. The molecule has 1 N–H and O–H groups in total. The topological polar surface area (TPSA) is 41.6 Å². The maximum atomic E-state index is 12.8. The molecule has 0 radical (unpaired) electrons. The Kier molecular flexibility index (Phi) is 3.28. The molecule has 1 aromatic rings. The van der Waals surface area contributed by atoms with E-state index >= 15 is 0 Å². The Balaban J connectivity index is 1.54. The van der Waals surface area contributed by atoms with Gasteiger partial charge in [-0.25, -0.2) is 0 Å². The Morgan fingerprint density at radius 2 is 2.25 bits per heavy atom. The summed E-state index contributed by atoms with van der Waals surface area (Å²) in [4.78, 5) is 16.2. The van der Waals surface area contributed by atoms with Crippen molar-refractivity contribution in [2.45, 2.75) is 37.8 Å². The highest BCUT2D eigenvalue weighted by atomic mass is 32.1. The van der Waals surface area contributed by atoms with Gasteiger partial charge in [0.25, 0.3) is 5.91 Å². The Morgan fingerprint density at radius 3 is 3.15 bits per heavy atom. The fourth-order valence-corrected chi connectivity index (χ4v) is 4.72. The zero-order valence-electron chi connectivity index (χ0n) is 11.6. The minimum atomic E-state index is 0.183. The minimum absolute atomic E-state index is 0.183. The first kappa shape index (κ1) is 12.8. The van der Waals surface area contributed by atoms with Crippen molar-refractivity contribution in [3.8, 4) is 0 Å². The predicted octanol–water partition coefficient (Wildman–Crippen LogP) is 1.44. The molecule has 0 unspecified atom stereocenters. The van der Waals surface area contributed by atoms with Crippen LogP contribution in [0.3, 0.4) is 0 Å². The lowest BCUT2D eigenvalue weighted by Crippen LogP contribution is -2.47. The van der Waals surface area contributed by atoms with Crippen molar-refractivity contribution in [2.75, 3.05) is 26.2 Å². The number of fused-ring (bicyclic) bond motifs is 2. The molecule has 4 nitrogen and oxygen atoms in total. The number of hydrogen-bond donors (Lipinski definition) is 1. The summed E-state index contributed by atoms with van der Waals surface area (Å²) in [7, 11) is 0. The van der Waals surface area contributed by atoms with Crippen LogP contribution in [0.4, 0.5) is 0 Å². The van der Waals surface area contributed by atoms with E-state index in [0.29, 0.717) is 6.04 Å². The number of rotatable bonds is 1. The van der Waals surface area contributed by atoms with Gasteiger partial charge in [0.05, 0.1) is 24.3 Å². The van der Waals surface area contributed by atoms with Crippen molar-refractivity contribution in [2.24, 2.45) is 0 Å². The molecule has 2 fully saturated rings. The van der Waals surface area contributed by atoms with Crippen LogP contribution in [-0.2, 0) is 17.6 Å². The molecule has 0 aromatic carbocycles. The molecule has 3 heterocycles. The molecule has 0 bridgehead atoms. The molecule has 1 amide bonds. The fourth-order valence-electron chi connectivity index (χ4n) is 3.60. The second-order valence-corrected chi connectivity index (χ2v) is 6.90. The normalized spacial score (nSPS) is 29.1. The second kappa shape index (κ2) is 5.13. The fraction of sp³-hybridized carbons (Fsp3) is 0.667. The van der Waals surface area contributed by atoms with Crippen LogP contribution in [-0.4, -0.2) is 49.2 Å². The number of nitrogens with one attached hydrogen (secondary N) is 1. The van der Waals surface area contributed by atoms with E-state index in [0.717, 1.165) is 44.6 Å². The quantitative estimate of drug-likeness (QED) is 0.851. The van der Waals surface area contributed by atoms with Crippen LogP contribution in [0.5, 0.6) is 0 Å². The number of amides is 1. The standard InChI is InChI=1S/C15H20N2O2S/c18-15(11-9-20-14-4-2-1-3-10(11)14)17-7-12-13(8-17)19-6-5-16-12/h9,12-13,16H,1-8H2/t12-,13-/m0/s1. The summed E-state index contributed by atoms with van der Waals surface area (Å²) in [5.74, 6) is 0.212. The summed E-state index contributed by atoms with van der Waals surface area (Å²) >= 11 is 1.77. The molecule has 2 aliphatic heterocycles. The largest absolute Gasteiger partial charge is 0.373 e. The average molecular weight is 292 g/mol. The van der Waals surface area contributed by atoms with Crippen molar-refractivity contribution in [1.29, 1.82) is 0 Å². The molecule has 1 aliphatic carbocycles. The highest BCUT2D eigenvalue weighted by Crippen LogP contribution is 2.31. The van der Waals surface area contributed by atoms with E-state index in [-0.39, 0.29) is 12.0 Å². The van der Waals surface area contributed by atoms with Crippen LogP contribution in [0.15, 0.2) is 5.38 Å². The lowest BCUT2D eigenvalue weighted by atomic mass is 9.95. The zero-order chi connectivity index (χ0) is 13.5. The van der Waals surface area contributed by atoms with Gasteiger partial charge in [-0.3, -0.25) is 4.79 Å². The smallest absolute Gasteiger partial charge is 0.255 e. The van der Waals surface area contributed by atoms with Gasteiger partial charge < -0.3 is 15.0 Å². The summed E-state index contributed by atoms with van der Waals surface area (Å²) in [6.45, 7) is 3.18. The third-order valence-electron chi connectivity index (χ3n) is 4.69. The van der Waals surface area contributed by atoms with E-state index in [1.54, 1.807) is 11.3 Å². The van der Waals surface area contributed by atoms with Crippen LogP contribution in [0.2, 0.25) is 0 Å². The maximum Gasteiger partial charge on any atom is 0.255 e. The van der Waals surface area contributed by atoms with Gasteiger partial charge in [0.15, 0.2) is 0 Å². The second-order valence-electron chi connectivity index (χ2n) is 5.94. The van der Waals surface area contributed by atoms with Crippen molar-refractivity contribution in [3.05, 3.63) is 21.4 Å². The third-order valence-corrected chi connectivity index (χ3v) is 5.77. The first-order valence-corrected chi connectivity index (χ1v) is 8.44. The molecule has 4 rings (SSSR count). The molecule has 0 spiro atoms. The summed E-state index contributed by atoms with van der Waals surface area (Å²) in [6.07, 6.45) is 4.91. The van der Waals surface area contributed by atoms with Crippen molar-refractivity contribution >= 4 is 17.2 Å². The SMILES string of the molecule is O=C(c1csc2c1CCCC2)N1C[C@@H]2NCCO[C@H]2C1. The number of thiophene rings is 1. The molecule has 2 saturated heterocycles. The molecule has 1 aromatic heterocycles. The summed E-state index contributed by atoms with van der Waals surface area (Å²) < 4.78 is 5.76. The van der Waals surface area contributed by atoms with Crippen LogP contribution in [0, 0.1) is 0 Å². The average Bonchev–Trinajstić information content (AvgIpc) is 3.10. The van der Waals surface area contributed by atoms with Crippen LogP contribution < -0.4 is 5.32 Å². The summed E-state index contributed by atoms with van der Waals surface area (Å²) in [6, 6.07) is 0.321. The third kappa shape index (κ3) is 2.08. The van der Waals surface area contributed by atoms with Crippen molar-refractivity contribution in [3.63, 3.8) is 0 Å². The maximum absolute atomic E-state index is 12.8. The van der Waals surface area contributed by atoms with E-state index < -0.39 is 0 Å². The number of aryl methyl sites for hydroxylation is 1. The number of carbonyl (C=O) groups is 1. The number of carbonyl (C=O) groups excluding carboxylic acids is 1.